The van der Waals surface area contributed by atoms with Crippen LogP contribution in [-0.4, -0.2) is 26.2 Å². The minimum absolute atomic E-state index is 0.249. The lowest BCUT2D eigenvalue weighted by atomic mass is 10.1. The van der Waals surface area contributed by atoms with Gasteiger partial charge in [-0.3, -0.25) is 0 Å². The Labute approximate surface area is 109 Å². The van der Waals surface area contributed by atoms with Crippen LogP contribution in [-0.2, 0) is 6.18 Å². The molecule has 0 spiro atoms. The molecule has 4 nitrogen and oxygen atoms in total. The summed E-state index contributed by atoms with van der Waals surface area (Å²) in [6.45, 7) is 1.11. The number of hydrogen-bond donors (Lipinski definition) is 3. The summed E-state index contributed by atoms with van der Waals surface area (Å²) in [7, 11) is 1.78. The third-order valence-corrected chi connectivity index (χ3v) is 2.37. The number of hydrogen-bond acceptors (Lipinski definition) is 2. The van der Waals surface area contributed by atoms with Crippen LogP contribution in [0.2, 0.25) is 0 Å². The molecule has 106 valence electrons. The van der Waals surface area contributed by atoms with Crippen molar-refractivity contribution < 1.29 is 18.0 Å². The van der Waals surface area contributed by atoms with Crippen molar-refractivity contribution in [3.8, 4) is 0 Å². The molecule has 0 fully saturated rings. The number of urea groups is 1. The first-order valence-electron chi connectivity index (χ1n) is 5.81. The maximum absolute atomic E-state index is 12.7. The number of benzene rings is 1. The largest absolute Gasteiger partial charge is 0.418 e. The number of halogens is 3. The van der Waals surface area contributed by atoms with E-state index < -0.39 is 17.8 Å². The van der Waals surface area contributed by atoms with Crippen molar-refractivity contribution in [2.45, 2.75) is 12.6 Å². The molecule has 0 aliphatic carbocycles. The van der Waals surface area contributed by atoms with Gasteiger partial charge in [0.25, 0.3) is 0 Å². The molecule has 0 radical (unpaired) electrons. The normalized spacial score (nSPS) is 11.2. The SMILES string of the molecule is CNCCCNC(=O)Nc1ccccc1C(F)(F)F. The molecular weight excluding hydrogens is 259 g/mol. The molecule has 0 bridgehead atoms. The van der Waals surface area contributed by atoms with Crippen molar-refractivity contribution in [1.82, 2.24) is 10.6 Å². The molecule has 0 saturated carbocycles. The van der Waals surface area contributed by atoms with Crippen molar-refractivity contribution in [2.24, 2.45) is 0 Å². The van der Waals surface area contributed by atoms with Gasteiger partial charge in [-0.1, -0.05) is 12.1 Å². The van der Waals surface area contributed by atoms with Gasteiger partial charge in [-0.05, 0) is 32.1 Å². The molecule has 1 aromatic rings. The average Bonchev–Trinajstić information content (AvgIpc) is 2.34. The fraction of sp³-hybridized carbons (Fsp3) is 0.417. The second kappa shape index (κ2) is 6.98. The van der Waals surface area contributed by atoms with Crippen molar-refractivity contribution >= 4 is 11.7 Å². The highest BCUT2D eigenvalue weighted by Gasteiger charge is 2.33. The Balaban J connectivity index is 2.59. The van der Waals surface area contributed by atoms with Gasteiger partial charge in [0.1, 0.15) is 0 Å². The lowest BCUT2D eigenvalue weighted by Crippen LogP contribution is -2.31. The van der Waals surface area contributed by atoms with E-state index in [1.165, 1.54) is 18.2 Å². The van der Waals surface area contributed by atoms with E-state index >= 15 is 0 Å². The fourth-order valence-electron chi connectivity index (χ4n) is 1.47. The van der Waals surface area contributed by atoms with Crippen molar-refractivity contribution in [1.29, 1.82) is 0 Å². The summed E-state index contributed by atoms with van der Waals surface area (Å²) in [5.41, 5.74) is -1.11. The van der Waals surface area contributed by atoms with Crippen molar-refractivity contribution in [2.75, 3.05) is 25.5 Å². The fourth-order valence-corrected chi connectivity index (χ4v) is 1.47. The van der Waals surface area contributed by atoms with Crippen LogP contribution in [0, 0.1) is 0 Å². The van der Waals surface area contributed by atoms with Gasteiger partial charge in [0.2, 0.25) is 0 Å². The van der Waals surface area contributed by atoms with E-state index in [1.54, 1.807) is 7.05 Å². The summed E-state index contributed by atoms with van der Waals surface area (Å²) in [6, 6.07) is 4.21. The topological polar surface area (TPSA) is 53.2 Å². The Hall–Kier alpha value is -1.76. The summed E-state index contributed by atoms with van der Waals surface area (Å²) >= 11 is 0. The number of nitrogens with one attached hydrogen (secondary N) is 3. The van der Waals surface area contributed by atoms with Gasteiger partial charge in [0.05, 0.1) is 11.3 Å². The van der Waals surface area contributed by atoms with Gasteiger partial charge in [-0.25, -0.2) is 4.79 Å². The van der Waals surface area contributed by atoms with Crippen LogP contribution >= 0.6 is 0 Å². The molecule has 3 N–H and O–H groups in total. The van der Waals surface area contributed by atoms with Gasteiger partial charge >= 0.3 is 12.2 Å². The molecular formula is C12H16F3N3O. The average molecular weight is 275 g/mol. The zero-order valence-corrected chi connectivity index (χ0v) is 10.5. The van der Waals surface area contributed by atoms with Gasteiger partial charge < -0.3 is 16.0 Å². The molecule has 0 aromatic heterocycles. The summed E-state index contributed by atoms with van der Waals surface area (Å²) in [6.07, 6.45) is -3.79. The van der Waals surface area contributed by atoms with Gasteiger partial charge in [0, 0.05) is 6.54 Å². The first-order valence-corrected chi connectivity index (χ1v) is 5.81. The predicted molar refractivity (Wildman–Crippen MR) is 67.0 cm³/mol. The maximum atomic E-state index is 12.7. The first kappa shape index (κ1) is 15.3. The summed E-state index contributed by atoms with van der Waals surface area (Å²) in [5.74, 6) is 0. The van der Waals surface area contributed by atoms with Gasteiger partial charge in [-0.2, -0.15) is 13.2 Å². The van der Waals surface area contributed by atoms with Crippen LogP contribution in [0.4, 0.5) is 23.7 Å². The molecule has 1 aromatic carbocycles. The Kier molecular flexibility index (Phi) is 5.62. The van der Waals surface area contributed by atoms with Gasteiger partial charge in [-0.15, -0.1) is 0 Å². The number of para-hydroxylation sites is 1. The number of carbonyl (C=O) groups excluding carboxylic acids is 1. The standard InChI is InChI=1S/C12H16F3N3O/c1-16-7-4-8-17-11(19)18-10-6-3-2-5-9(10)12(13,14)15/h2-3,5-6,16H,4,7-8H2,1H3,(H2,17,18,19). The number of amides is 2. The van der Waals surface area contributed by atoms with Crippen molar-refractivity contribution in [3.05, 3.63) is 29.8 Å². The van der Waals surface area contributed by atoms with Crippen LogP contribution < -0.4 is 16.0 Å². The van der Waals surface area contributed by atoms with Gasteiger partial charge in [0.15, 0.2) is 0 Å². The van der Waals surface area contributed by atoms with E-state index in [2.05, 4.69) is 16.0 Å². The van der Waals surface area contributed by atoms with Crippen LogP contribution in [0.25, 0.3) is 0 Å². The number of anilines is 1. The zero-order valence-electron chi connectivity index (χ0n) is 10.5. The van der Waals surface area contributed by atoms with Crippen LogP contribution in [0.5, 0.6) is 0 Å². The third kappa shape index (κ3) is 5.17. The molecule has 0 heterocycles. The summed E-state index contributed by atoms with van der Waals surface area (Å²) < 4.78 is 38.0. The lowest BCUT2D eigenvalue weighted by Gasteiger charge is -2.13. The molecule has 0 aliphatic rings. The Bertz CT molecular complexity index is 421. The molecule has 0 unspecified atom stereocenters. The van der Waals surface area contributed by atoms with Crippen LogP contribution in [0.1, 0.15) is 12.0 Å². The van der Waals surface area contributed by atoms with E-state index in [0.717, 1.165) is 12.6 Å². The first-order chi connectivity index (χ1) is 8.95. The highest BCUT2D eigenvalue weighted by atomic mass is 19.4. The smallest absolute Gasteiger partial charge is 0.338 e. The Morgan fingerprint density at radius 1 is 1.21 bits per heavy atom. The molecule has 7 heteroatoms. The lowest BCUT2D eigenvalue weighted by molar-refractivity contribution is -0.136. The molecule has 0 aliphatic heterocycles. The van der Waals surface area contributed by atoms with Crippen molar-refractivity contribution in [3.63, 3.8) is 0 Å². The van der Waals surface area contributed by atoms with Crippen LogP contribution in [0.3, 0.4) is 0 Å². The molecule has 0 atom stereocenters. The minimum atomic E-state index is -4.49. The van der Waals surface area contributed by atoms with E-state index in [1.807, 2.05) is 0 Å². The number of rotatable bonds is 5. The minimum Gasteiger partial charge on any atom is -0.338 e. The predicted octanol–water partition coefficient (Wildman–Crippen LogP) is 2.44. The monoisotopic (exact) mass is 275 g/mol. The van der Waals surface area contributed by atoms with E-state index in [9.17, 15) is 18.0 Å². The molecule has 1 rings (SSSR count). The zero-order chi connectivity index (χ0) is 14.3. The highest BCUT2D eigenvalue weighted by molar-refractivity contribution is 5.90. The van der Waals surface area contributed by atoms with E-state index in [0.29, 0.717) is 13.0 Å². The molecule has 19 heavy (non-hydrogen) atoms. The third-order valence-electron chi connectivity index (χ3n) is 2.37. The second-order valence-corrected chi connectivity index (χ2v) is 3.88. The maximum Gasteiger partial charge on any atom is 0.418 e. The Morgan fingerprint density at radius 2 is 1.89 bits per heavy atom. The summed E-state index contributed by atoms with van der Waals surface area (Å²) in [4.78, 5) is 11.4. The molecule has 0 saturated heterocycles. The van der Waals surface area contributed by atoms with E-state index in [-0.39, 0.29) is 5.69 Å². The quantitative estimate of drug-likeness (QED) is 0.723. The second-order valence-electron chi connectivity index (χ2n) is 3.88. The summed E-state index contributed by atoms with van der Waals surface area (Å²) in [5, 5.41) is 7.59. The van der Waals surface area contributed by atoms with E-state index in [4.69, 9.17) is 0 Å². The number of carbonyl (C=O) groups is 1. The molecule has 2 amide bonds. The Morgan fingerprint density at radius 3 is 2.53 bits per heavy atom. The number of alkyl halides is 3. The van der Waals surface area contributed by atoms with Crippen LogP contribution in [0.15, 0.2) is 24.3 Å². The highest BCUT2D eigenvalue weighted by Crippen LogP contribution is 2.34.